The van der Waals surface area contributed by atoms with E-state index in [-0.39, 0.29) is 6.04 Å². The molecule has 5 atom stereocenters. The average Bonchev–Trinajstić information content (AvgIpc) is 3.68. The van der Waals surface area contributed by atoms with Crippen LogP contribution in [0.5, 0.6) is 0 Å². The largest absolute Gasteiger partial charge is 0.394 e. The van der Waals surface area contributed by atoms with Crippen molar-refractivity contribution in [3.8, 4) is 22.6 Å². The highest BCUT2D eigenvalue weighted by atomic mass is 16.6. The summed E-state index contributed by atoms with van der Waals surface area (Å²) in [4.78, 5) is 14.1. The molecule has 0 saturated carbocycles. The Morgan fingerprint density at radius 2 is 2.00 bits per heavy atom. The Morgan fingerprint density at radius 1 is 1.17 bits per heavy atom. The molecular formula is C24H27N7O5. The first kappa shape index (κ1) is 23.0. The summed E-state index contributed by atoms with van der Waals surface area (Å²) in [6.45, 7) is 2.81. The summed E-state index contributed by atoms with van der Waals surface area (Å²) < 4.78 is 12.8. The molecule has 0 aliphatic carbocycles. The molecule has 3 unspecified atom stereocenters. The molecule has 2 saturated heterocycles. The van der Waals surface area contributed by atoms with Gasteiger partial charge in [0.2, 0.25) is 0 Å². The molecule has 1 aromatic carbocycles. The van der Waals surface area contributed by atoms with Crippen molar-refractivity contribution in [2.45, 2.75) is 43.9 Å². The Balaban J connectivity index is 1.48. The van der Waals surface area contributed by atoms with Crippen LogP contribution in [-0.4, -0.2) is 89.2 Å². The van der Waals surface area contributed by atoms with E-state index in [1.165, 1.54) is 6.33 Å². The first-order valence-corrected chi connectivity index (χ1v) is 11.9. The van der Waals surface area contributed by atoms with Crippen LogP contribution in [0, 0.1) is 6.92 Å². The first-order chi connectivity index (χ1) is 17.5. The minimum Gasteiger partial charge on any atom is -0.394 e. The summed E-state index contributed by atoms with van der Waals surface area (Å²) in [6.07, 6.45) is -0.360. The molecule has 0 bridgehead atoms. The minimum absolute atomic E-state index is 0.0633. The van der Waals surface area contributed by atoms with Crippen molar-refractivity contribution in [2.75, 3.05) is 25.1 Å². The zero-order valence-corrected chi connectivity index (χ0v) is 19.6. The highest BCUT2D eigenvalue weighted by Gasteiger charge is 2.44. The van der Waals surface area contributed by atoms with Crippen LogP contribution in [0.25, 0.3) is 33.8 Å². The number of ether oxygens (including phenoxy) is 2. The highest BCUT2D eigenvalue weighted by molar-refractivity contribution is 5.87. The van der Waals surface area contributed by atoms with Crippen LogP contribution in [0.15, 0.2) is 36.8 Å². The van der Waals surface area contributed by atoms with E-state index in [4.69, 9.17) is 19.4 Å². The Hall–Kier alpha value is -3.42. The number of anilines is 1. The lowest BCUT2D eigenvalue weighted by atomic mass is 10.0. The molecule has 6 rings (SSSR count). The molecule has 5 N–H and O–H groups in total. The molecule has 0 spiro atoms. The Bertz CT molecular complexity index is 1370. The number of aromatic amines is 1. The number of benzene rings is 1. The molecule has 2 aliphatic heterocycles. The maximum absolute atomic E-state index is 10.6. The van der Waals surface area contributed by atoms with Crippen LogP contribution in [0.2, 0.25) is 0 Å². The second-order valence-electron chi connectivity index (χ2n) is 9.18. The van der Waals surface area contributed by atoms with Gasteiger partial charge in [-0.2, -0.15) is 5.10 Å². The third-order valence-corrected chi connectivity index (χ3v) is 6.71. The van der Waals surface area contributed by atoms with Gasteiger partial charge in [0.05, 0.1) is 31.8 Å². The van der Waals surface area contributed by atoms with Crippen molar-refractivity contribution in [1.29, 1.82) is 0 Å². The molecule has 0 radical (unpaired) electrons. The standard InChI is InChI=1S/C24H27N7O5/c1-12-2-4-13(5-3-12)15-8-26-30-17(15)21-28-22(27-14-6-7-35-10-14)18-23(29-21)31(11-25-18)24-20(34)19(33)16(9-32)36-24/h2-5,8,11,14,16,19-20,24,32-34H,6-7,9-10H2,1H3,(H,26,30)(H,27,28,29)/t14?,16?,19-,20?,24-/m1/s1. The quantitative estimate of drug-likeness (QED) is 0.262. The molecule has 2 aliphatic rings. The number of rotatable bonds is 6. The van der Waals surface area contributed by atoms with Crippen LogP contribution in [0.3, 0.4) is 0 Å². The molecule has 4 aromatic rings. The molecule has 188 valence electrons. The number of hydrogen-bond acceptors (Lipinski definition) is 10. The fourth-order valence-corrected chi connectivity index (χ4v) is 4.68. The smallest absolute Gasteiger partial charge is 0.182 e. The van der Waals surface area contributed by atoms with E-state index in [1.54, 1.807) is 10.8 Å². The maximum atomic E-state index is 10.6. The number of aromatic nitrogens is 6. The predicted molar refractivity (Wildman–Crippen MR) is 129 cm³/mol. The van der Waals surface area contributed by atoms with Gasteiger partial charge in [0, 0.05) is 12.2 Å². The number of imidazole rings is 1. The fourth-order valence-electron chi connectivity index (χ4n) is 4.68. The van der Waals surface area contributed by atoms with Crippen LogP contribution in [-0.2, 0) is 9.47 Å². The Labute approximate surface area is 206 Å². The molecule has 0 amide bonds. The van der Waals surface area contributed by atoms with Crippen molar-refractivity contribution in [1.82, 2.24) is 29.7 Å². The lowest BCUT2D eigenvalue weighted by molar-refractivity contribution is -0.0511. The average molecular weight is 494 g/mol. The van der Waals surface area contributed by atoms with E-state index in [9.17, 15) is 15.3 Å². The van der Waals surface area contributed by atoms with E-state index in [0.29, 0.717) is 41.7 Å². The Morgan fingerprint density at radius 3 is 2.72 bits per heavy atom. The van der Waals surface area contributed by atoms with Gasteiger partial charge in [-0.1, -0.05) is 29.8 Å². The van der Waals surface area contributed by atoms with Gasteiger partial charge in [-0.15, -0.1) is 0 Å². The summed E-state index contributed by atoms with van der Waals surface area (Å²) in [5.74, 6) is 0.894. The normalized spacial score (nSPS) is 26.2. The lowest BCUT2D eigenvalue weighted by Gasteiger charge is -2.17. The molecule has 5 heterocycles. The van der Waals surface area contributed by atoms with Crippen LogP contribution in [0.1, 0.15) is 18.2 Å². The zero-order chi connectivity index (χ0) is 24.8. The minimum atomic E-state index is -1.27. The van der Waals surface area contributed by atoms with Crippen molar-refractivity contribution < 1.29 is 24.8 Å². The van der Waals surface area contributed by atoms with Gasteiger partial charge < -0.3 is 30.1 Å². The number of aliphatic hydroxyl groups is 3. The van der Waals surface area contributed by atoms with Gasteiger partial charge in [-0.25, -0.2) is 15.0 Å². The number of nitrogens with one attached hydrogen (secondary N) is 2. The number of aliphatic hydroxyl groups excluding tert-OH is 3. The third kappa shape index (κ3) is 3.92. The summed E-state index contributed by atoms with van der Waals surface area (Å²) in [5, 5.41) is 41.1. The van der Waals surface area contributed by atoms with Crippen molar-refractivity contribution >= 4 is 17.0 Å². The molecular weight excluding hydrogens is 466 g/mol. The zero-order valence-electron chi connectivity index (χ0n) is 19.6. The van der Waals surface area contributed by atoms with Gasteiger partial charge >= 0.3 is 0 Å². The third-order valence-electron chi connectivity index (χ3n) is 6.71. The number of nitrogens with zero attached hydrogens (tertiary/aromatic N) is 5. The topological polar surface area (TPSA) is 163 Å². The summed E-state index contributed by atoms with van der Waals surface area (Å²) >= 11 is 0. The highest BCUT2D eigenvalue weighted by Crippen LogP contribution is 2.35. The molecule has 3 aromatic heterocycles. The summed E-state index contributed by atoms with van der Waals surface area (Å²) in [6, 6.07) is 8.15. The van der Waals surface area contributed by atoms with Crippen LogP contribution >= 0.6 is 0 Å². The van der Waals surface area contributed by atoms with E-state index in [0.717, 1.165) is 23.1 Å². The number of aryl methyl sites for hydroxylation is 1. The molecule has 2 fully saturated rings. The molecule has 12 nitrogen and oxygen atoms in total. The van der Waals surface area contributed by atoms with E-state index in [1.807, 2.05) is 31.2 Å². The SMILES string of the molecule is Cc1ccc(-c2cn[nH]c2-c2nc(NC3CCOC3)c3ncn([C@@H]4OC(CO)[C@@H](O)C4O)c3n2)cc1. The number of H-pyrrole nitrogens is 1. The number of hydrogen-bond donors (Lipinski definition) is 5. The van der Waals surface area contributed by atoms with E-state index in [2.05, 4.69) is 20.5 Å². The summed E-state index contributed by atoms with van der Waals surface area (Å²) in [5.41, 5.74) is 4.46. The van der Waals surface area contributed by atoms with Gasteiger partial charge in [-0.05, 0) is 18.9 Å². The first-order valence-electron chi connectivity index (χ1n) is 11.9. The second-order valence-corrected chi connectivity index (χ2v) is 9.18. The second kappa shape index (κ2) is 9.22. The van der Waals surface area contributed by atoms with Crippen LogP contribution < -0.4 is 5.32 Å². The fraction of sp³-hybridized carbons (Fsp3) is 0.417. The lowest BCUT2D eigenvalue weighted by Crippen LogP contribution is -2.33. The van der Waals surface area contributed by atoms with E-state index >= 15 is 0 Å². The van der Waals surface area contributed by atoms with Gasteiger partial charge in [-0.3, -0.25) is 9.67 Å². The number of fused-ring (bicyclic) bond motifs is 1. The Kier molecular flexibility index (Phi) is 5.90. The van der Waals surface area contributed by atoms with Crippen molar-refractivity contribution in [3.05, 3.63) is 42.4 Å². The molecule has 36 heavy (non-hydrogen) atoms. The van der Waals surface area contributed by atoms with Gasteiger partial charge in [0.25, 0.3) is 0 Å². The van der Waals surface area contributed by atoms with Crippen molar-refractivity contribution in [3.63, 3.8) is 0 Å². The predicted octanol–water partition coefficient (Wildman–Crippen LogP) is 1.00. The summed E-state index contributed by atoms with van der Waals surface area (Å²) in [7, 11) is 0. The van der Waals surface area contributed by atoms with Crippen molar-refractivity contribution in [2.24, 2.45) is 0 Å². The van der Waals surface area contributed by atoms with Crippen LogP contribution in [0.4, 0.5) is 5.82 Å². The monoisotopic (exact) mass is 493 g/mol. The van der Waals surface area contributed by atoms with E-state index < -0.39 is 31.1 Å². The van der Waals surface area contributed by atoms with Gasteiger partial charge in [0.15, 0.2) is 29.0 Å². The maximum Gasteiger partial charge on any atom is 0.182 e. The van der Waals surface area contributed by atoms with Gasteiger partial charge in [0.1, 0.15) is 24.0 Å². The molecule has 12 heteroatoms.